The highest BCUT2D eigenvalue weighted by Crippen LogP contribution is 2.14. The van der Waals surface area contributed by atoms with E-state index in [2.05, 4.69) is 0 Å². The van der Waals surface area contributed by atoms with Crippen LogP contribution in [0.1, 0.15) is 25.7 Å². The van der Waals surface area contributed by atoms with E-state index in [0.29, 0.717) is 0 Å². The Morgan fingerprint density at radius 2 is 1.62 bits per heavy atom. The fourth-order valence-electron chi connectivity index (χ4n) is 1.88. The van der Waals surface area contributed by atoms with Crippen molar-refractivity contribution in [3.05, 3.63) is 12.2 Å². The van der Waals surface area contributed by atoms with Gasteiger partial charge in [0.1, 0.15) is 5.78 Å². The molecule has 0 aromatic rings. The fourth-order valence-corrected chi connectivity index (χ4v) is 1.88. The minimum Gasteiger partial charge on any atom is -0.481 e. The number of amides is 2. The highest BCUT2D eigenvalue weighted by molar-refractivity contribution is 6.13. The molecule has 2 amide bonds. The van der Waals surface area contributed by atoms with Crippen molar-refractivity contribution in [1.82, 2.24) is 4.90 Å². The molecule has 1 heterocycles. The van der Waals surface area contributed by atoms with Crippen molar-refractivity contribution in [2.75, 3.05) is 6.54 Å². The first-order valence-corrected chi connectivity index (χ1v) is 6.31. The third-order valence-corrected chi connectivity index (χ3v) is 3.04. The molecule has 8 nitrogen and oxygen atoms in total. The van der Waals surface area contributed by atoms with Gasteiger partial charge < -0.3 is 10.2 Å². The van der Waals surface area contributed by atoms with Crippen LogP contribution in [0, 0.1) is 5.92 Å². The molecular weight excluding hydrogens is 282 g/mol. The molecule has 0 spiro atoms. The first-order valence-electron chi connectivity index (χ1n) is 6.31. The number of hydrogen-bond acceptors (Lipinski definition) is 5. The van der Waals surface area contributed by atoms with Gasteiger partial charge in [0.05, 0.1) is 5.92 Å². The van der Waals surface area contributed by atoms with Crippen LogP contribution in [0.3, 0.4) is 0 Å². The summed E-state index contributed by atoms with van der Waals surface area (Å²) in [6.07, 6.45) is 1.26. The molecule has 1 unspecified atom stereocenters. The molecule has 0 aromatic carbocycles. The number of carbonyl (C=O) groups excluding carboxylic acids is 3. The van der Waals surface area contributed by atoms with Crippen LogP contribution in [0.25, 0.3) is 0 Å². The summed E-state index contributed by atoms with van der Waals surface area (Å²) in [5, 5.41) is 17.4. The van der Waals surface area contributed by atoms with Crippen molar-refractivity contribution in [2.45, 2.75) is 25.7 Å². The summed E-state index contributed by atoms with van der Waals surface area (Å²) in [7, 11) is 0. The zero-order valence-electron chi connectivity index (χ0n) is 11.2. The normalized spacial score (nSPS) is 15.3. The van der Waals surface area contributed by atoms with E-state index in [0.717, 1.165) is 17.1 Å². The summed E-state index contributed by atoms with van der Waals surface area (Å²) in [5.74, 6) is -4.88. The van der Waals surface area contributed by atoms with Crippen LogP contribution in [-0.4, -0.2) is 51.2 Å². The molecule has 1 aliphatic rings. The summed E-state index contributed by atoms with van der Waals surface area (Å²) in [4.78, 5) is 56.4. The third-order valence-electron chi connectivity index (χ3n) is 3.04. The Labute approximate surface area is 120 Å². The number of carbonyl (C=O) groups is 5. The van der Waals surface area contributed by atoms with Crippen molar-refractivity contribution in [2.24, 2.45) is 5.92 Å². The molecule has 114 valence electrons. The average molecular weight is 297 g/mol. The number of ketones is 1. The van der Waals surface area contributed by atoms with Crippen LogP contribution in [0.5, 0.6) is 0 Å². The number of carboxylic acid groups (broad SMARTS) is 2. The largest absolute Gasteiger partial charge is 0.481 e. The lowest BCUT2D eigenvalue weighted by Gasteiger charge is -2.14. The summed E-state index contributed by atoms with van der Waals surface area (Å²) in [6, 6.07) is 0. The highest BCUT2D eigenvalue weighted by atomic mass is 16.4. The smallest absolute Gasteiger partial charge is 0.306 e. The van der Waals surface area contributed by atoms with Crippen LogP contribution in [0.4, 0.5) is 0 Å². The first kappa shape index (κ1) is 16.5. The van der Waals surface area contributed by atoms with Gasteiger partial charge in [-0.1, -0.05) is 0 Å². The molecule has 0 saturated heterocycles. The lowest BCUT2D eigenvalue weighted by Crippen LogP contribution is -2.32. The Morgan fingerprint density at radius 1 is 1.05 bits per heavy atom. The number of Topliss-reactive ketones (excluding diaryl/α,β-unsaturated/α-hetero) is 1. The van der Waals surface area contributed by atoms with E-state index in [1.54, 1.807) is 0 Å². The molecule has 0 fully saturated rings. The number of nitrogens with zero attached hydrogens (tertiary/aromatic N) is 1. The van der Waals surface area contributed by atoms with Crippen molar-refractivity contribution < 1.29 is 34.2 Å². The molecule has 21 heavy (non-hydrogen) atoms. The molecule has 0 bridgehead atoms. The van der Waals surface area contributed by atoms with E-state index in [4.69, 9.17) is 10.2 Å². The van der Waals surface area contributed by atoms with Gasteiger partial charge in [-0.2, -0.15) is 0 Å². The zero-order chi connectivity index (χ0) is 16.0. The van der Waals surface area contributed by atoms with Crippen molar-refractivity contribution in [3.63, 3.8) is 0 Å². The summed E-state index contributed by atoms with van der Waals surface area (Å²) < 4.78 is 0. The summed E-state index contributed by atoms with van der Waals surface area (Å²) in [5.41, 5.74) is 0. The Bertz CT molecular complexity index is 491. The van der Waals surface area contributed by atoms with Gasteiger partial charge in [-0.25, -0.2) is 0 Å². The minimum absolute atomic E-state index is 0.102. The van der Waals surface area contributed by atoms with Gasteiger partial charge in [-0.3, -0.25) is 28.9 Å². The van der Waals surface area contributed by atoms with E-state index in [1.807, 2.05) is 0 Å². The van der Waals surface area contributed by atoms with Gasteiger partial charge in [-0.05, 0) is 6.42 Å². The van der Waals surface area contributed by atoms with Crippen LogP contribution in [0.2, 0.25) is 0 Å². The van der Waals surface area contributed by atoms with Gasteiger partial charge in [0.2, 0.25) is 0 Å². The fraction of sp³-hybridized carbons (Fsp3) is 0.462. The second-order valence-corrected chi connectivity index (χ2v) is 4.62. The first-order chi connectivity index (χ1) is 9.81. The van der Waals surface area contributed by atoms with Crippen LogP contribution < -0.4 is 0 Å². The van der Waals surface area contributed by atoms with Gasteiger partial charge in [0.15, 0.2) is 0 Å². The zero-order valence-corrected chi connectivity index (χ0v) is 11.2. The van der Waals surface area contributed by atoms with E-state index >= 15 is 0 Å². The van der Waals surface area contributed by atoms with E-state index in [1.165, 1.54) is 0 Å². The highest BCUT2D eigenvalue weighted by Gasteiger charge is 2.26. The van der Waals surface area contributed by atoms with E-state index in [-0.39, 0.29) is 32.2 Å². The maximum Gasteiger partial charge on any atom is 0.306 e. The summed E-state index contributed by atoms with van der Waals surface area (Å²) >= 11 is 0. The molecule has 0 aliphatic carbocycles. The molecule has 1 aliphatic heterocycles. The minimum atomic E-state index is -1.24. The third kappa shape index (κ3) is 5.17. The van der Waals surface area contributed by atoms with Crippen molar-refractivity contribution in [1.29, 1.82) is 0 Å². The summed E-state index contributed by atoms with van der Waals surface area (Å²) in [6.45, 7) is -0.102. The Morgan fingerprint density at radius 3 is 2.10 bits per heavy atom. The number of hydrogen-bond donors (Lipinski definition) is 2. The monoisotopic (exact) mass is 297 g/mol. The quantitative estimate of drug-likeness (QED) is 0.565. The van der Waals surface area contributed by atoms with Crippen molar-refractivity contribution >= 4 is 29.5 Å². The molecule has 0 aromatic heterocycles. The number of carboxylic acids is 2. The number of rotatable bonds is 9. The Kier molecular flexibility index (Phi) is 5.77. The van der Waals surface area contributed by atoms with E-state index < -0.39 is 35.5 Å². The molecule has 0 saturated carbocycles. The Balaban J connectivity index is 2.43. The molecule has 0 radical (unpaired) electrons. The molecule has 1 rings (SSSR count). The maximum atomic E-state index is 11.7. The van der Waals surface area contributed by atoms with Gasteiger partial charge >= 0.3 is 11.9 Å². The Hall–Kier alpha value is -2.51. The predicted molar refractivity (Wildman–Crippen MR) is 68.1 cm³/mol. The lowest BCUT2D eigenvalue weighted by molar-refractivity contribution is -0.145. The van der Waals surface area contributed by atoms with Crippen LogP contribution >= 0.6 is 0 Å². The maximum absolute atomic E-state index is 11.7. The van der Waals surface area contributed by atoms with Gasteiger partial charge in [0, 0.05) is 38.0 Å². The SMILES string of the molecule is O=C(O)CCC(CC(=O)CCN1C(=O)C=CC1=O)C(=O)O. The second kappa shape index (κ2) is 7.32. The molecule has 2 N–H and O–H groups in total. The lowest BCUT2D eigenvalue weighted by atomic mass is 9.96. The second-order valence-electron chi connectivity index (χ2n) is 4.62. The van der Waals surface area contributed by atoms with Gasteiger partial charge in [0.25, 0.3) is 11.8 Å². The number of imide groups is 1. The van der Waals surface area contributed by atoms with Crippen LogP contribution in [-0.2, 0) is 24.0 Å². The molecular formula is C13H15NO7. The van der Waals surface area contributed by atoms with E-state index in [9.17, 15) is 24.0 Å². The molecule has 1 atom stereocenters. The predicted octanol–water partition coefficient (Wildman–Crippen LogP) is -0.174. The average Bonchev–Trinajstić information content (AvgIpc) is 2.71. The van der Waals surface area contributed by atoms with Gasteiger partial charge in [-0.15, -0.1) is 0 Å². The van der Waals surface area contributed by atoms with Crippen molar-refractivity contribution in [3.8, 4) is 0 Å². The molecule has 8 heteroatoms. The van der Waals surface area contributed by atoms with Crippen LogP contribution in [0.15, 0.2) is 12.2 Å². The number of aliphatic carboxylic acids is 2. The standard InChI is InChI=1S/C13H15NO7/c15-9(5-6-14-10(16)2-3-11(14)17)7-8(13(20)21)1-4-12(18)19/h2-3,8H,1,4-7H2,(H,18,19)(H,20,21). The topological polar surface area (TPSA) is 129 Å².